The Hall–Kier alpha value is -3.09. The van der Waals surface area contributed by atoms with Gasteiger partial charge in [-0.15, -0.1) is 0 Å². The number of hydrogen-bond acceptors (Lipinski definition) is 9. The second-order valence-electron chi connectivity index (χ2n) is 7.60. The van der Waals surface area contributed by atoms with Crippen LogP contribution in [0, 0.1) is 11.6 Å². The van der Waals surface area contributed by atoms with Gasteiger partial charge >= 0.3 is 0 Å². The Balaban J connectivity index is 1.64. The average molecular weight is 449 g/mol. The summed E-state index contributed by atoms with van der Waals surface area (Å²) in [4.78, 5) is 22.2. The van der Waals surface area contributed by atoms with Crippen molar-refractivity contribution in [2.24, 2.45) is 11.5 Å². The molecule has 10 nitrogen and oxygen atoms in total. The Kier molecular flexibility index (Phi) is 6.63. The summed E-state index contributed by atoms with van der Waals surface area (Å²) in [6.45, 7) is 3.10. The summed E-state index contributed by atoms with van der Waals surface area (Å²) >= 11 is 0. The number of pyridine rings is 2. The van der Waals surface area contributed by atoms with Crippen molar-refractivity contribution in [3.05, 3.63) is 35.5 Å². The molecule has 32 heavy (non-hydrogen) atoms. The molecule has 12 heteroatoms. The number of nitrogens with two attached hydrogens (primary N) is 2. The SMILES string of the molecule is NC(=O)c1cc(F)c(N[C@@H]2CCOC[C@@H]2N)nc1Nc1cc(N2CCOCC2)ncc1F. The first kappa shape index (κ1) is 22.1. The number of morpholine rings is 1. The van der Waals surface area contributed by atoms with Crippen LogP contribution in [0.4, 0.5) is 31.9 Å². The maximum absolute atomic E-state index is 14.7. The fraction of sp³-hybridized carbons (Fsp3) is 0.450. The van der Waals surface area contributed by atoms with Gasteiger partial charge in [-0.3, -0.25) is 4.79 Å². The quantitative estimate of drug-likeness (QED) is 0.507. The van der Waals surface area contributed by atoms with Crippen molar-refractivity contribution in [3.8, 4) is 0 Å². The number of nitrogens with zero attached hydrogens (tertiary/aromatic N) is 3. The van der Waals surface area contributed by atoms with Crippen LogP contribution in [0.2, 0.25) is 0 Å². The first-order valence-electron chi connectivity index (χ1n) is 10.3. The molecule has 2 aromatic heterocycles. The molecule has 0 bridgehead atoms. The summed E-state index contributed by atoms with van der Waals surface area (Å²) in [7, 11) is 0. The normalized spacial score (nSPS) is 21.3. The molecule has 2 aliphatic heterocycles. The monoisotopic (exact) mass is 449 g/mol. The fourth-order valence-electron chi connectivity index (χ4n) is 3.60. The summed E-state index contributed by atoms with van der Waals surface area (Å²) in [5.74, 6) is -2.01. The highest BCUT2D eigenvalue weighted by Crippen LogP contribution is 2.28. The minimum absolute atomic E-state index is 0.0248. The van der Waals surface area contributed by atoms with Crippen LogP contribution in [-0.4, -0.2) is 67.5 Å². The zero-order valence-electron chi connectivity index (χ0n) is 17.3. The standard InChI is InChI=1S/C20H25F2N7O3/c21-12-7-11(18(24)30)19(28-20(12)26-15-1-4-32-10-14(15)23)27-16-8-17(25-9-13(16)22)29-2-5-31-6-3-29/h7-9,14-15H,1-6,10,23H2,(H2,24,30)(H2,25,26,27,28)/t14-,15+/m0/s1. The Bertz CT molecular complexity index is 988. The van der Waals surface area contributed by atoms with E-state index in [4.69, 9.17) is 20.9 Å². The van der Waals surface area contributed by atoms with Gasteiger partial charge in [-0.2, -0.15) is 0 Å². The molecule has 2 aromatic rings. The van der Waals surface area contributed by atoms with Crippen LogP contribution < -0.4 is 27.0 Å². The minimum Gasteiger partial charge on any atom is -0.380 e. The van der Waals surface area contributed by atoms with E-state index in [0.717, 1.165) is 12.3 Å². The largest absolute Gasteiger partial charge is 0.380 e. The number of carbonyl (C=O) groups excluding carboxylic acids is 1. The van der Waals surface area contributed by atoms with Crippen LogP contribution in [0.25, 0.3) is 0 Å². The van der Waals surface area contributed by atoms with Gasteiger partial charge in [-0.25, -0.2) is 18.7 Å². The molecule has 6 N–H and O–H groups in total. The molecule has 0 spiro atoms. The second-order valence-corrected chi connectivity index (χ2v) is 7.60. The Morgan fingerprint density at radius 2 is 1.91 bits per heavy atom. The van der Waals surface area contributed by atoms with Gasteiger partial charge in [0, 0.05) is 37.8 Å². The van der Waals surface area contributed by atoms with E-state index in [1.165, 1.54) is 6.07 Å². The average Bonchev–Trinajstić information content (AvgIpc) is 2.79. The van der Waals surface area contributed by atoms with Gasteiger partial charge in [-0.05, 0) is 12.5 Å². The van der Waals surface area contributed by atoms with Crippen molar-refractivity contribution in [2.75, 3.05) is 55.1 Å². The highest BCUT2D eigenvalue weighted by Gasteiger charge is 2.25. The third-order valence-electron chi connectivity index (χ3n) is 5.39. The molecule has 0 aliphatic carbocycles. The Morgan fingerprint density at radius 3 is 2.62 bits per heavy atom. The van der Waals surface area contributed by atoms with E-state index in [0.29, 0.717) is 51.8 Å². The number of amides is 1. The molecule has 2 atom stereocenters. The van der Waals surface area contributed by atoms with Gasteiger partial charge in [-0.1, -0.05) is 0 Å². The molecule has 0 saturated carbocycles. The van der Waals surface area contributed by atoms with Crippen LogP contribution in [0.1, 0.15) is 16.8 Å². The summed E-state index contributed by atoms with van der Waals surface area (Å²) in [5.41, 5.74) is 11.2. The van der Waals surface area contributed by atoms with Gasteiger partial charge in [0.2, 0.25) is 0 Å². The number of rotatable bonds is 6. The van der Waals surface area contributed by atoms with E-state index in [2.05, 4.69) is 20.6 Å². The third-order valence-corrected chi connectivity index (χ3v) is 5.39. The summed E-state index contributed by atoms with van der Waals surface area (Å²) in [5, 5.41) is 5.73. The Labute approximate surface area is 183 Å². The lowest BCUT2D eigenvalue weighted by Gasteiger charge is -2.30. The van der Waals surface area contributed by atoms with E-state index >= 15 is 0 Å². The van der Waals surface area contributed by atoms with Crippen molar-refractivity contribution < 1.29 is 23.0 Å². The molecule has 0 radical (unpaired) electrons. The van der Waals surface area contributed by atoms with Crippen molar-refractivity contribution in [2.45, 2.75) is 18.5 Å². The molecule has 2 fully saturated rings. The van der Waals surface area contributed by atoms with Crippen LogP contribution in [-0.2, 0) is 9.47 Å². The topological polar surface area (TPSA) is 141 Å². The molecule has 0 unspecified atom stereocenters. The Morgan fingerprint density at radius 1 is 1.12 bits per heavy atom. The smallest absolute Gasteiger partial charge is 0.252 e. The molecule has 4 rings (SSSR count). The van der Waals surface area contributed by atoms with Gasteiger partial charge in [0.25, 0.3) is 5.91 Å². The van der Waals surface area contributed by atoms with Crippen LogP contribution in [0.15, 0.2) is 18.3 Å². The minimum atomic E-state index is -0.906. The molecule has 2 aliphatic rings. The summed E-state index contributed by atoms with van der Waals surface area (Å²) < 4.78 is 39.8. The van der Waals surface area contributed by atoms with E-state index in [1.54, 1.807) is 0 Å². The zero-order chi connectivity index (χ0) is 22.7. The first-order chi connectivity index (χ1) is 15.4. The fourth-order valence-corrected chi connectivity index (χ4v) is 3.60. The van der Waals surface area contributed by atoms with E-state index in [9.17, 15) is 13.6 Å². The molecular weight excluding hydrogens is 424 g/mol. The number of anilines is 4. The van der Waals surface area contributed by atoms with Gasteiger partial charge in [0.1, 0.15) is 11.6 Å². The highest BCUT2D eigenvalue weighted by molar-refractivity contribution is 5.98. The summed E-state index contributed by atoms with van der Waals surface area (Å²) in [6.07, 6.45) is 1.63. The molecule has 172 valence electrons. The first-order valence-corrected chi connectivity index (χ1v) is 10.3. The summed E-state index contributed by atoms with van der Waals surface area (Å²) in [6, 6.07) is 1.83. The lowest BCUT2D eigenvalue weighted by atomic mass is 10.0. The molecular formula is C20H25F2N7O3. The van der Waals surface area contributed by atoms with E-state index in [1.807, 2.05) is 4.90 Å². The van der Waals surface area contributed by atoms with Crippen molar-refractivity contribution in [1.29, 1.82) is 0 Å². The molecule has 1 amide bonds. The number of aromatic nitrogens is 2. The number of carbonyl (C=O) groups is 1. The number of halogens is 2. The van der Waals surface area contributed by atoms with Crippen molar-refractivity contribution in [1.82, 2.24) is 9.97 Å². The highest BCUT2D eigenvalue weighted by atomic mass is 19.1. The van der Waals surface area contributed by atoms with E-state index in [-0.39, 0.29) is 35.0 Å². The maximum Gasteiger partial charge on any atom is 0.252 e. The molecule has 4 heterocycles. The predicted octanol–water partition coefficient (Wildman–Crippen LogP) is 0.962. The number of hydrogen-bond donors (Lipinski definition) is 4. The predicted molar refractivity (Wildman–Crippen MR) is 114 cm³/mol. The second kappa shape index (κ2) is 9.59. The van der Waals surface area contributed by atoms with Gasteiger partial charge in [0.15, 0.2) is 17.5 Å². The third kappa shape index (κ3) is 4.87. The molecule has 2 saturated heterocycles. The van der Waals surface area contributed by atoms with Crippen molar-refractivity contribution in [3.63, 3.8) is 0 Å². The lowest BCUT2D eigenvalue weighted by Crippen LogP contribution is -2.47. The maximum atomic E-state index is 14.7. The van der Waals surface area contributed by atoms with Gasteiger partial charge in [0.05, 0.1) is 37.3 Å². The van der Waals surface area contributed by atoms with Crippen LogP contribution in [0.5, 0.6) is 0 Å². The molecule has 0 aromatic carbocycles. The van der Waals surface area contributed by atoms with Crippen LogP contribution in [0.3, 0.4) is 0 Å². The number of nitrogens with one attached hydrogen (secondary N) is 2. The number of ether oxygens (including phenoxy) is 2. The lowest BCUT2D eigenvalue weighted by molar-refractivity contribution is 0.0751. The van der Waals surface area contributed by atoms with Crippen LogP contribution >= 0.6 is 0 Å². The van der Waals surface area contributed by atoms with E-state index < -0.39 is 17.5 Å². The zero-order valence-corrected chi connectivity index (χ0v) is 17.3. The number of primary amides is 1. The van der Waals surface area contributed by atoms with Crippen molar-refractivity contribution >= 4 is 29.0 Å². The van der Waals surface area contributed by atoms with Gasteiger partial charge < -0.3 is 36.5 Å².